The lowest BCUT2D eigenvalue weighted by Crippen LogP contribution is -2.37. The van der Waals surface area contributed by atoms with Gasteiger partial charge in [-0.15, -0.1) is 0 Å². The van der Waals surface area contributed by atoms with Crippen molar-refractivity contribution in [2.45, 2.75) is 45.1 Å². The Morgan fingerprint density at radius 2 is 2.31 bits per heavy atom. The van der Waals surface area contributed by atoms with Crippen molar-refractivity contribution in [2.75, 3.05) is 0 Å². The fourth-order valence-electron chi connectivity index (χ4n) is 3.07. The number of rotatable bonds is 4. The molecule has 1 heterocycles. The minimum atomic E-state index is 0.181. The molecule has 1 aliphatic rings. The Morgan fingerprint density at radius 3 is 2.94 bits per heavy atom. The first-order chi connectivity index (χ1) is 7.86. The van der Waals surface area contributed by atoms with Gasteiger partial charge in [-0.05, 0) is 30.4 Å². The zero-order valence-electron chi connectivity index (χ0n) is 9.99. The highest BCUT2D eigenvalue weighted by molar-refractivity contribution is 5.06. The van der Waals surface area contributed by atoms with Crippen molar-refractivity contribution in [3.63, 3.8) is 0 Å². The van der Waals surface area contributed by atoms with Crippen LogP contribution in [-0.2, 0) is 0 Å². The van der Waals surface area contributed by atoms with E-state index in [-0.39, 0.29) is 6.04 Å². The van der Waals surface area contributed by atoms with E-state index in [0.29, 0.717) is 5.92 Å². The van der Waals surface area contributed by atoms with Crippen molar-refractivity contribution in [3.05, 3.63) is 24.2 Å². The van der Waals surface area contributed by atoms with E-state index >= 15 is 0 Å². The largest absolute Gasteiger partial charge is 0.468 e. The van der Waals surface area contributed by atoms with Crippen LogP contribution in [0.2, 0.25) is 0 Å². The summed E-state index contributed by atoms with van der Waals surface area (Å²) in [6.07, 6.45) is 8.24. The van der Waals surface area contributed by atoms with Crippen LogP contribution < -0.4 is 11.3 Å². The molecule has 3 atom stereocenters. The van der Waals surface area contributed by atoms with Gasteiger partial charge in [-0.3, -0.25) is 5.84 Å². The summed E-state index contributed by atoms with van der Waals surface area (Å²) in [5, 5.41) is 0. The Balaban J connectivity index is 2.13. The number of hydrogen-bond acceptors (Lipinski definition) is 3. The molecule has 3 heteroatoms. The first-order valence-electron chi connectivity index (χ1n) is 6.36. The van der Waals surface area contributed by atoms with Crippen LogP contribution in [0.4, 0.5) is 0 Å². The Hall–Kier alpha value is -0.800. The highest BCUT2D eigenvalue weighted by atomic mass is 16.3. The second-order valence-corrected chi connectivity index (χ2v) is 4.78. The number of hydrogen-bond donors (Lipinski definition) is 2. The van der Waals surface area contributed by atoms with Crippen LogP contribution in [0.25, 0.3) is 0 Å². The Labute approximate surface area is 97.4 Å². The zero-order valence-corrected chi connectivity index (χ0v) is 9.99. The van der Waals surface area contributed by atoms with E-state index in [4.69, 9.17) is 10.3 Å². The number of nitrogens with one attached hydrogen (secondary N) is 1. The minimum Gasteiger partial charge on any atom is -0.468 e. The molecule has 3 nitrogen and oxygen atoms in total. The number of hydrazine groups is 1. The summed E-state index contributed by atoms with van der Waals surface area (Å²) >= 11 is 0. The van der Waals surface area contributed by atoms with Gasteiger partial charge in [0.1, 0.15) is 5.76 Å². The highest BCUT2D eigenvalue weighted by Gasteiger charge is 2.32. The summed E-state index contributed by atoms with van der Waals surface area (Å²) < 4.78 is 5.49. The normalized spacial score (nSPS) is 27.9. The first kappa shape index (κ1) is 11.7. The van der Waals surface area contributed by atoms with Gasteiger partial charge in [0.25, 0.3) is 0 Å². The lowest BCUT2D eigenvalue weighted by molar-refractivity contribution is 0.161. The van der Waals surface area contributed by atoms with Gasteiger partial charge in [-0.2, -0.15) is 0 Å². The van der Waals surface area contributed by atoms with E-state index in [9.17, 15) is 0 Å². The average Bonchev–Trinajstić information content (AvgIpc) is 2.84. The molecule has 0 spiro atoms. The molecule has 0 saturated heterocycles. The van der Waals surface area contributed by atoms with Crippen molar-refractivity contribution in [2.24, 2.45) is 17.7 Å². The van der Waals surface area contributed by atoms with Crippen LogP contribution in [0.15, 0.2) is 22.8 Å². The van der Waals surface area contributed by atoms with E-state index in [0.717, 1.165) is 11.7 Å². The Bertz CT molecular complexity index is 297. The third kappa shape index (κ3) is 2.30. The maximum absolute atomic E-state index is 5.70. The van der Waals surface area contributed by atoms with Crippen molar-refractivity contribution in [3.8, 4) is 0 Å². The van der Waals surface area contributed by atoms with Gasteiger partial charge >= 0.3 is 0 Å². The predicted molar refractivity (Wildman–Crippen MR) is 64.5 cm³/mol. The van der Waals surface area contributed by atoms with E-state index in [2.05, 4.69) is 12.3 Å². The molecule has 3 unspecified atom stereocenters. The monoisotopic (exact) mass is 222 g/mol. The lowest BCUT2D eigenvalue weighted by Gasteiger charge is -2.35. The third-order valence-electron chi connectivity index (χ3n) is 3.95. The fraction of sp³-hybridized carbons (Fsp3) is 0.692. The van der Waals surface area contributed by atoms with E-state index in [1.54, 1.807) is 6.26 Å². The molecular formula is C13H22N2O. The molecule has 90 valence electrons. The summed E-state index contributed by atoms with van der Waals surface area (Å²) in [7, 11) is 0. The van der Waals surface area contributed by atoms with Crippen molar-refractivity contribution < 1.29 is 4.42 Å². The van der Waals surface area contributed by atoms with Crippen LogP contribution in [0.3, 0.4) is 0 Å². The van der Waals surface area contributed by atoms with Crippen molar-refractivity contribution >= 4 is 0 Å². The maximum Gasteiger partial charge on any atom is 0.122 e. The van der Waals surface area contributed by atoms with Gasteiger partial charge in [0.2, 0.25) is 0 Å². The van der Waals surface area contributed by atoms with Gasteiger partial charge in [0, 0.05) is 0 Å². The standard InChI is InChI=1S/C13H22N2O/c1-2-10-6-3-4-7-11(10)13(15-14)12-8-5-9-16-12/h5,8-11,13,15H,2-4,6-7,14H2,1H3. The molecule has 0 aliphatic heterocycles. The van der Waals surface area contributed by atoms with E-state index in [1.165, 1.54) is 32.1 Å². The average molecular weight is 222 g/mol. The molecule has 2 rings (SSSR count). The fourth-order valence-corrected chi connectivity index (χ4v) is 3.07. The molecule has 0 aromatic carbocycles. The van der Waals surface area contributed by atoms with Crippen LogP contribution in [-0.4, -0.2) is 0 Å². The van der Waals surface area contributed by atoms with Crippen molar-refractivity contribution in [1.82, 2.24) is 5.43 Å². The third-order valence-corrected chi connectivity index (χ3v) is 3.95. The van der Waals surface area contributed by atoms with Crippen LogP contribution in [0.5, 0.6) is 0 Å². The van der Waals surface area contributed by atoms with Gasteiger partial charge in [0.05, 0.1) is 12.3 Å². The van der Waals surface area contributed by atoms with Gasteiger partial charge in [-0.25, -0.2) is 5.43 Å². The molecule has 1 saturated carbocycles. The molecule has 16 heavy (non-hydrogen) atoms. The molecule has 0 amide bonds. The molecule has 1 aromatic heterocycles. The lowest BCUT2D eigenvalue weighted by atomic mass is 9.73. The van der Waals surface area contributed by atoms with Gasteiger partial charge in [-0.1, -0.05) is 32.6 Å². The SMILES string of the molecule is CCC1CCCCC1C(NN)c1ccco1. The van der Waals surface area contributed by atoms with E-state index < -0.39 is 0 Å². The molecule has 1 aliphatic carbocycles. The Morgan fingerprint density at radius 1 is 1.50 bits per heavy atom. The number of furan rings is 1. The molecule has 1 fully saturated rings. The van der Waals surface area contributed by atoms with E-state index in [1.807, 2.05) is 12.1 Å². The summed E-state index contributed by atoms with van der Waals surface area (Å²) in [5.41, 5.74) is 2.94. The highest BCUT2D eigenvalue weighted by Crippen LogP contribution is 2.39. The molecule has 3 N–H and O–H groups in total. The second kappa shape index (κ2) is 5.51. The van der Waals surface area contributed by atoms with Crippen LogP contribution in [0, 0.1) is 11.8 Å². The summed E-state index contributed by atoms with van der Waals surface area (Å²) in [6, 6.07) is 4.13. The molecule has 0 radical (unpaired) electrons. The molecule has 0 bridgehead atoms. The second-order valence-electron chi connectivity index (χ2n) is 4.78. The quantitative estimate of drug-likeness (QED) is 0.608. The predicted octanol–water partition coefficient (Wildman–Crippen LogP) is 3.00. The topological polar surface area (TPSA) is 51.2 Å². The van der Waals surface area contributed by atoms with Crippen LogP contribution in [0.1, 0.15) is 50.8 Å². The Kier molecular flexibility index (Phi) is 4.02. The maximum atomic E-state index is 5.70. The summed E-state index contributed by atoms with van der Waals surface area (Å²) in [6.45, 7) is 2.28. The smallest absolute Gasteiger partial charge is 0.122 e. The van der Waals surface area contributed by atoms with Gasteiger partial charge in [0.15, 0.2) is 0 Å². The summed E-state index contributed by atoms with van der Waals surface area (Å²) in [5.74, 6) is 8.08. The summed E-state index contributed by atoms with van der Waals surface area (Å²) in [4.78, 5) is 0. The van der Waals surface area contributed by atoms with Crippen molar-refractivity contribution in [1.29, 1.82) is 0 Å². The zero-order chi connectivity index (χ0) is 11.4. The minimum absolute atomic E-state index is 0.181. The molecular weight excluding hydrogens is 200 g/mol. The first-order valence-corrected chi connectivity index (χ1v) is 6.36. The van der Waals surface area contributed by atoms with Crippen LogP contribution >= 0.6 is 0 Å². The number of nitrogens with two attached hydrogens (primary N) is 1. The molecule has 1 aromatic rings. The van der Waals surface area contributed by atoms with Gasteiger partial charge < -0.3 is 4.42 Å².